The third-order valence-electron chi connectivity index (χ3n) is 4.25. The number of aromatic amines is 2. The first kappa shape index (κ1) is 19.5. The molecule has 1 amide bonds. The molecule has 9 nitrogen and oxygen atoms in total. The van der Waals surface area contributed by atoms with Crippen molar-refractivity contribution in [2.75, 3.05) is 18.2 Å². The molecule has 2 aromatic carbocycles. The van der Waals surface area contributed by atoms with Crippen LogP contribution in [-0.2, 0) is 4.79 Å². The Kier molecular flexibility index (Phi) is 5.40. The highest BCUT2D eigenvalue weighted by Gasteiger charge is 2.13. The number of H-pyrrole nitrogens is 2. The maximum Gasteiger partial charge on any atom is 0.334 e. The topological polar surface area (TPSA) is 122 Å². The Bertz CT molecular complexity index is 1290. The Morgan fingerprint density at radius 3 is 2.63 bits per heavy atom. The standard InChI is InChI=1S/C20H17N5O4S/c1-29-13-8-6-12(7-9-13)25-16(10-17(26)24-20(25)28)23-18(27)11-30-19-21-14-4-2-3-5-15(14)22-19/h2-10H,11H2,1H3,(H,21,22)(H,23,27)(H,24,26,28). The summed E-state index contributed by atoms with van der Waals surface area (Å²) in [6.07, 6.45) is 0. The summed E-state index contributed by atoms with van der Waals surface area (Å²) in [7, 11) is 1.53. The van der Waals surface area contributed by atoms with Gasteiger partial charge in [0.25, 0.3) is 5.56 Å². The first-order valence-electron chi connectivity index (χ1n) is 8.92. The zero-order chi connectivity index (χ0) is 21.1. The van der Waals surface area contributed by atoms with Crippen molar-refractivity contribution in [2.45, 2.75) is 5.16 Å². The molecule has 0 radical (unpaired) electrons. The lowest BCUT2D eigenvalue weighted by atomic mass is 10.3. The van der Waals surface area contributed by atoms with E-state index in [0.29, 0.717) is 16.6 Å². The van der Waals surface area contributed by atoms with Crippen molar-refractivity contribution in [2.24, 2.45) is 0 Å². The largest absolute Gasteiger partial charge is 0.497 e. The molecule has 4 aromatic rings. The smallest absolute Gasteiger partial charge is 0.334 e. The van der Waals surface area contributed by atoms with E-state index < -0.39 is 11.2 Å². The van der Waals surface area contributed by atoms with Crippen molar-refractivity contribution < 1.29 is 9.53 Å². The summed E-state index contributed by atoms with van der Waals surface area (Å²) >= 11 is 1.22. The summed E-state index contributed by atoms with van der Waals surface area (Å²) in [6, 6.07) is 15.4. The van der Waals surface area contributed by atoms with Gasteiger partial charge in [0.05, 0.1) is 29.6 Å². The molecular weight excluding hydrogens is 406 g/mol. The number of rotatable bonds is 6. The number of fused-ring (bicyclic) bond motifs is 1. The zero-order valence-electron chi connectivity index (χ0n) is 15.8. The number of para-hydroxylation sites is 2. The Morgan fingerprint density at radius 2 is 1.90 bits per heavy atom. The number of nitrogens with zero attached hydrogens (tertiary/aromatic N) is 2. The molecule has 0 aliphatic rings. The van der Waals surface area contributed by atoms with Crippen LogP contribution >= 0.6 is 11.8 Å². The quantitative estimate of drug-likeness (QED) is 0.409. The van der Waals surface area contributed by atoms with Crippen LogP contribution < -0.4 is 21.3 Å². The fourth-order valence-corrected chi connectivity index (χ4v) is 3.57. The van der Waals surface area contributed by atoms with Crippen LogP contribution in [0.3, 0.4) is 0 Å². The summed E-state index contributed by atoms with van der Waals surface area (Å²) in [6.45, 7) is 0. The Hall–Kier alpha value is -3.79. The molecule has 0 unspecified atom stereocenters. The predicted octanol–water partition coefficient (Wildman–Crippen LogP) is 2.14. The maximum absolute atomic E-state index is 12.5. The van der Waals surface area contributed by atoms with E-state index in [-0.39, 0.29) is 17.5 Å². The number of carbonyl (C=O) groups is 1. The average Bonchev–Trinajstić information content (AvgIpc) is 3.15. The van der Waals surface area contributed by atoms with E-state index in [1.54, 1.807) is 24.3 Å². The monoisotopic (exact) mass is 423 g/mol. The van der Waals surface area contributed by atoms with Gasteiger partial charge in [-0.2, -0.15) is 0 Å². The average molecular weight is 423 g/mol. The Labute approximate surface area is 174 Å². The van der Waals surface area contributed by atoms with E-state index in [9.17, 15) is 14.4 Å². The Morgan fingerprint density at radius 1 is 1.13 bits per heavy atom. The van der Waals surface area contributed by atoms with Crippen molar-refractivity contribution in [3.8, 4) is 11.4 Å². The second-order valence-electron chi connectivity index (χ2n) is 6.25. The van der Waals surface area contributed by atoms with Gasteiger partial charge in [0.1, 0.15) is 11.6 Å². The molecule has 10 heteroatoms. The number of anilines is 1. The van der Waals surface area contributed by atoms with Crippen molar-refractivity contribution in [1.29, 1.82) is 0 Å². The lowest BCUT2D eigenvalue weighted by molar-refractivity contribution is -0.113. The second kappa shape index (κ2) is 8.29. The molecule has 4 rings (SSSR count). The van der Waals surface area contributed by atoms with Crippen LogP contribution in [-0.4, -0.2) is 38.3 Å². The normalized spacial score (nSPS) is 10.8. The number of thioether (sulfide) groups is 1. The SMILES string of the molecule is COc1ccc(-n2c(NC(=O)CSc3nc4ccccc4[nH]3)cc(=O)[nH]c2=O)cc1. The molecule has 0 fully saturated rings. The lowest BCUT2D eigenvalue weighted by Gasteiger charge is -2.13. The summed E-state index contributed by atoms with van der Waals surface area (Å²) in [5, 5.41) is 3.24. The molecule has 0 bridgehead atoms. The first-order chi connectivity index (χ1) is 14.5. The number of nitrogens with one attached hydrogen (secondary N) is 3. The highest BCUT2D eigenvalue weighted by Crippen LogP contribution is 2.20. The summed E-state index contributed by atoms with van der Waals surface area (Å²) < 4.78 is 6.33. The van der Waals surface area contributed by atoms with Crippen molar-refractivity contribution >= 4 is 34.5 Å². The minimum absolute atomic E-state index is 0.0451. The first-order valence-corrected chi connectivity index (χ1v) is 9.90. The van der Waals surface area contributed by atoms with E-state index in [2.05, 4.69) is 20.3 Å². The maximum atomic E-state index is 12.5. The Balaban J connectivity index is 1.54. The molecule has 3 N–H and O–H groups in total. The van der Waals surface area contributed by atoms with Gasteiger partial charge in [-0.1, -0.05) is 23.9 Å². The number of hydrogen-bond acceptors (Lipinski definition) is 6. The zero-order valence-corrected chi connectivity index (χ0v) is 16.7. The second-order valence-corrected chi connectivity index (χ2v) is 7.22. The summed E-state index contributed by atoms with van der Waals surface area (Å²) in [4.78, 5) is 46.4. The van der Waals surface area contributed by atoms with Crippen molar-refractivity contribution in [3.05, 3.63) is 75.4 Å². The number of amides is 1. The predicted molar refractivity (Wildman–Crippen MR) is 115 cm³/mol. The summed E-state index contributed by atoms with van der Waals surface area (Å²) in [5.74, 6) is 0.351. The highest BCUT2D eigenvalue weighted by atomic mass is 32.2. The van der Waals surface area contributed by atoms with Gasteiger partial charge in [-0.25, -0.2) is 14.3 Å². The molecule has 0 saturated heterocycles. The molecule has 152 valence electrons. The molecule has 2 heterocycles. The molecule has 0 aliphatic carbocycles. The van der Waals surface area contributed by atoms with Gasteiger partial charge in [0, 0.05) is 6.07 Å². The van der Waals surface area contributed by atoms with Crippen LogP contribution in [0.1, 0.15) is 0 Å². The van der Waals surface area contributed by atoms with Crippen LogP contribution in [0.2, 0.25) is 0 Å². The van der Waals surface area contributed by atoms with Crippen LogP contribution in [0, 0.1) is 0 Å². The summed E-state index contributed by atoms with van der Waals surface area (Å²) in [5.41, 5.74) is 0.891. The van der Waals surface area contributed by atoms with Crippen LogP contribution in [0.15, 0.2) is 69.3 Å². The van der Waals surface area contributed by atoms with E-state index >= 15 is 0 Å². The number of aromatic nitrogens is 4. The fraction of sp³-hybridized carbons (Fsp3) is 0.100. The minimum atomic E-state index is -0.659. The molecule has 30 heavy (non-hydrogen) atoms. The minimum Gasteiger partial charge on any atom is -0.497 e. The van der Waals surface area contributed by atoms with Crippen molar-refractivity contribution in [3.63, 3.8) is 0 Å². The van der Waals surface area contributed by atoms with E-state index in [4.69, 9.17) is 4.74 Å². The number of carbonyl (C=O) groups excluding carboxylic acids is 1. The van der Waals surface area contributed by atoms with Crippen molar-refractivity contribution in [1.82, 2.24) is 19.5 Å². The van der Waals surface area contributed by atoms with Gasteiger partial charge in [0.2, 0.25) is 5.91 Å². The number of hydrogen-bond donors (Lipinski definition) is 3. The molecule has 0 spiro atoms. The van der Waals surface area contributed by atoms with E-state index in [1.165, 1.54) is 23.4 Å². The molecule has 2 aromatic heterocycles. The van der Waals surface area contributed by atoms with Gasteiger partial charge < -0.3 is 15.0 Å². The molecule has 0 aliphatic heterocycles. The lowest BCUT2D eigenvalue weighted by Crippen LogP contribution is -2.32. The third-order valence-corrected chi connectivity index (χ3v) is 5.12. The van der Waals surface area contributed by atoms with E-state index in [0.717, 1.165) is 17.1 Å². The molecular formula is C20H17N5O4S. The number of imidazole rings is 1. The van der Waals surface area contributed by atoms with Gasteiger partial charge in [-0.05, 0) is 36.4 Å². The van der Waals surface area contributed by atoms with Gasteiger partial charge in [0.15, 0.2) is 5.16 Å². The van der Waals surface area contributed by atoms with E-state index in [1.807, 2.05) is 24.3 Å². The van der Waals surface area contributed by atoms with Crippen LogP contribution in [0.4, 0.5) is 5.82 Å². The third kappa shape index (κ3) is 4.13. The van der Waals surface area contributed by atoms with Gasteiger partial charge in [-0.15, -0.1) is 0 Å². The highest BCUT2D eigenvalue weighted by molar-refractivity contribution is 7.99. The number of methoxy groups -OCH3 is 1. The molecule has 0 atom stereocenters. The fourth-order valence-electron chi connectivity index (χ4n) is 2.89. The van der Waals surface area contributed by atoms with Crippen LogP contribution in [0.25, 0.3) is 16.7 Å². The van der Waals surface area contributed by atoms with Gasteiger partial charge >= 0.3 is 5.69 Å². The number of ether oxygens (including phenoxy) is 1. The molecule has 0 saturated carbocycles. The number of benzene rings is 2. The van der Waals surface area contributed by atoms with Crippen LogP contribution in [0.5, 0.6) is 5.75 Å². The van der Waals surface area contributed by atoms with Gasteiger partial charge in [-0.3, -0.25) is 14.6 Å².